The molecule has 1 heterocycles. The van der Waals surface area contributed by atoms with Gasteiger partial charge in [-0.1, -0.05) is 0 Å². The normalized spacial score (nSPS) is 23.6. The average molecular weight is 322 g/mol. The molecule has 0 bridgehead atoms. The molecule has 0 radical (unpaired) electrons. The molecule has 1 aliphatic heterocycles. The van der Waals surface area contributed by atoms with Crippen molar-refractivity contribution in [1.29, 1.82) is 0 Å². The number of sulfonamides is 1. The molecule has 118 valence electrons. The highest BCUT2D eigenvalue weighted by atomic mass is 32.2. The fraction of sp³-hybridized carbons (Fsp3) is 0.500. The summed E-state index contributed by atoms with van der Waals surface area (Å²) in [5, 5.41) is 0. The summed E-state index contributed by atoms with van der Waals surface area (Å²) in [6.07, 6.45) is -0.991. The van der Waals surface area contributed by atoms with Gasteiger partial charge in [0.1, 0.15) is 11.6 Å². The number of anilines is 1. The summed E-state index contributed by atoms with van der Waals surface area (Å²) in [5.74, 6) is -2.44. The first-order valence-corrected chi connectivity index (χ1v) is 7.55. The van der Waals surface area contributed by atoms with Crippen LogP contribution in [0, 0.1) is 11.6 Å². The maximum Gasteiger partial charge on any atom is 0.249 e. The molecule has 2 N–H and O–H groups in total. The van der Waals surface area contributed by atoms with Gasteiger partial charge in [0.15, 0.2) is 4.90 Å². The largest absolute Gasteiger partial charge is 0.399 e. The third kappa shape index (κ3) is 2.86. The molecule has 6 nitrogen and oxygen atoms in total. The Balaban J connectivity index is 2.40. The van der Waals surface area contributed by atoms with Gasteiger partial charge in [0.25, 0.3) is 0 Å². The smallest absolute Gasteiger partial charge is 0.249 e. The van der Waals surface area contributed by atoms with E-state index in [1.165, 1.54) is 14.2 Å². The maximum absolute atomic E-state index is 13.8. The molecule has 1 aliphatic rings. The van der Waals surface area contributed by atoms with Gasteiger partial charge in [0.2, 0.25) is 10.0 Å². The van der Waals surface area contributed by atoms with Gasteiger partial charge in [-0.15, -0.1) is 0 Å². The molecule has 1 aromatic rings. The van der Waals surface area contributed by atoms with Crippen molar-refractivity contribution in [2.45, 2.75) is 17.1 Å². The Labute approximate surface area is 121 Å². The van der Waals surface area contributed by atoms with Crippen molar-refractivity contribution in [3.63, 3.8) is 0 Å². The lowest BCUT2D eigenvalue weighted by Gasteiger charge is -2.17. The zero-order chi connectivity index (χ0) is 15.8. The van der Waals surface area contributed by atoms with E-state index in [9.17, 15) is 17.2 Å². The first-order valence-electron chi connectivity index (χ1n) is 6.11. The van der Waals surface area contributed by atoms with E-state index >= 15 is 0 Å². The second kappa shape index (κ2) is 5.84. The number of hydrogen-bond acceptors (Lipinski definition) is 5. The van der Waals surface area contributed by atoms with Crippen LogP contribution in [0.25, 0.3) is 0 Å². The summed E-state index contributed by atoms with van der Waals surface area (Å²) in [7, 11) is -1.51. The highest BCUT2D eigenvalue weighted by molar-refractivity contribution is 7.89. The van der Waals surface area contributed by atoms with Crippen LogP contribution in [0.2, 0.25) is 0 Å². The van der Waals surface area contributed by atoms with Gasteiger partial charge in [0.05, 0.1) is 12.2 Å². The molecule has 0 amide bonds. The molecule has 1 aromatic carbocycles. The molecule has 0 saturated carbocycles. The molecular formula is C12H16F2N2O4S. The first kappa shape index (κ1) is 16.1. The van der Waals surface area contributed by atoms with Gasteiger partial charge in [-0.25, -0.2) is 17.2 Å². The van der Waals surface area contributed by atoms with Crippen LogP contribution in [-0.2, 0) is 19.5 Å². The van der Waals surface area contributed by atoms with Crippen LogP contribution in [-0.4, -0.2) is 52.2 Å². The summed E-state index contributed by atoms with van der Waals surface area (Å²) < 4.78 is 63.6. The van der Waals surface area contributed by atoms with Gasteiger partial charge in [-0.05, 0) is 12.1 Å². The number of halogens is 2. The molecule has 2 atom stereocenters. The molecule has 0 aliphatic carbocycles. The predicted octanol–water partition coefficient (Wildman–Crippen LogP) is 0.581. The fourth-order valence-corrected chi connectivity index (χ4v) is 3.87. The van der Waals surface area contributed by atoms with Crippen molar-refractivity contribution in [3.05, 3.63) is 23.8 Å². The standard InChI is InChI=1S/C12H16F2N2O4S/c1-19-10-5-16(6-11(10)20-2)21(17,18)12-8(13)3-7(15)4-9(12)14/h3-4,10-11H,5-6,15H2,1-2H3. The zero-order valence-corrected chi connectivity index (χ0v) is 12.4. The maximum atomic E-state index is 13.8. The van der Waals surface area contributed by atoms with Crippen molar-refractivity contribution >= 4 is 15.7 Å². The summed E-state index contributed by atoms with van der Waals surface area (Å²) >= 11 is 0. The Kier molecular flexibility index (Phi) is 4.47. The minimum Gasteiger partial charge on any atom is -0.399 e. The fourth-order valence-electron chi connectivity index (χ4n) is 2.31. The van der Waals surface area contributed by atoms with E-state index in [1.54, 1.807) is 0 Å². The van der Waals surface area contributed by atoms with E-state index in [0.29, 0.717) is 0 Å². The monoisotopic (exact) mass is 322 g/mol. The van der Waals surface area contributed by atoms with E-state index in [1.807, 2.05) is 0 Å². The summed E-state index contributed by atoms with van der Waals surface area (Å²) in [6, 6.07) is 1.54. The van der Waals surface area contributed by atoms with Crippen LogP contribution >= 0.6 is 0 Å². The number of hydrogen-bond donors (Lipinski definition) is 1. The Morgan fingerprint density at radius 3 is 1.95 bits per heavy atom. The highest BCUT2D eigenvalue weighted by Crippen LogP contribution is 2.28. The topological polar surface area (TPSA) is 81.9 Å². The molecule has 0 aromatic heterocycles. The number of benzene rings is 1. The van der Waals surface area contributed by atoms with E-state index in [-0.39, 0.29) is 18.8 Å². The summed E-state index contributed by atoms with van der Waals surface area (Å²) in [4.78, 5) is -1.01. The van der Waals surface area contributed by atoms with E-state index < -0.39 is 38.8 Å². The van der Waals surface area contributed by atoms with Crippen molar-refractivity contribution < 1.29 is 26.7 Å². The van der Waals surface area contributed by atoms with Gasteiger partial charge < -0.3 is 15.2 Å². The van der Waals surface area contributed by atoms with Gasteiger partial charge in [0, 0.05) is 33.0 Å². The number of methoxy groups -OCH3 is 2. The Bertz CT molecular complexity index is 603. The average Bonchev–Trinajstić information content (AvgIpc) is 2.80. The highest BCUT2D eigenvalue weighted by Gasteiger charge is 2.41. The molecule has 21 heavy (non-hydrogen) atoms. The zero-order valence-electron chi connectivity index (χ0n) is 11.5. The third-order valence-corrected chi connectivity index (χ3v) is 5.29. The van der Waals surface area contributed by atoms with Crippen LogP contribution < -0.4 is 5.73 Å². The second-order valence-corrected chi connectivity index (χ2v) is 6.56. The number of nitrogen functional groups attached to an aromatic ring is 1. The van der Waals surface area contributed by atoms with Crippen molar-refractivity contribution in [3.8, 4) is 0 Å². The molecule has 9 heteroatoms. The van der Waals surface area contributed by atoms with Crippen LogP contribution in [0.4, 0.5) is 14.5 Å². The lowest BCUT2D eigenvalue weighted by molar-refractivity contribution is -0.00461. The molecule has 1 saturated heterocycles. The van der Waals surface area contributed by atoms with E-state index in [4.69, 9.17) is 15.2 Å². The Hall–Kier alpha value is -1.29. The van der Waals surface area contributed by atoms with Gasteiger partial charge in [-0.3, -0.25) is 0 Å². The number of rotatable bonds is 4. The van der Waals surface area contributed by atoms with E-state index in [2.05, 4.69) is 0 Å². The molecule has 0 spiro atoms. The third-order valence-electron chi connectivity index (χ3n) is 3.41. The van der Waals surface area contributed by atoms with Crippen molar-refractivity contribution in [2.75, 3.05) is 33.0 Å². The number of ether oxygens (including phenoxy) is 2. The second-order valence-electron chi connectivity index (χ2n) is 4.68. The van der Waals surface area contributed by atoms with Crippen LogP contribution in [0.15, 0.2) is 17.0 Å². The van der Waals surface area contributed by atoms with Crippen LogP contribution in [0.3, 0.4) is 0 Å². The molecule has 2 rings (SSSR count). The van der Waals surface area contributed by atoms with Crippen molar-refractivity contribution in [1.82, 2.24) is 4.31 Å². The Morgan fingerprint density at radius 1 is 1.14 bits per heavy atom. The summed E-state index contributed by atoms with van der Waals surface area (Å²) in [5.41, 5.74) is 5.10. The van der Waals surface area contributed by atoms with Crippen molar-refractivity contribution in [2.24, 2.45) is 0 Å². The van der Waals surface area contributed by atoms with E-state index in [0.717, 1.165) is 16.4 Å². The number of nitrogens with two attached hydrogens (primary N) is 1. The van der Waals surface area contributed by atoms with Crippen LogP contribution in [0.1, 0.15) is 0 Å². The minimum absolute atomic E-state index is 0.0411. The Morgan fingerprint density at radius 2 is 1.57 bits per heavy atom. The lowest BCUT2D eigenvalue weighted by Crippen LogP contribution is -2.31. The quantitative estimate of drug-likeness (QED) is 0.820. The SMILES string of the molecule is COC1CN(S(=O)(=O)c2c(F)cc(N)cc2F)CC1OC. The van der Waals surface area contributed by atoms with Crippen LogP contribution in [0.5, 0.6) is 0 Å². The number of nitrogens with zero attached hydrogens (tertiary/aromatic N) is 1. The van der Waals surface area contributed by atoms with Gasteiger partial charge in [-0.2, -0.15) is 4.31 Å². The molecule has 1 fully saturated rings. The minimum atomic E-state index is -4.34. The van der Waals surface area contributed by atoms with Gasteiger partial charge >= 0.3 is 0 Å². The summed E-state index contributed by atoms with van der Waals surface area (Å²) in [6.45, 7) is -0.0821. The molecular weight excluding hydrogens is 306 g/mol. The first-order chi connectivity index (χ1) is 9.81. The predicted molar refractivity (Wildman–Crippen MR) is 71.1 cm³/mol. The molecule has 2 unspecified atom stereocenters. The lowest BCUT2D eigenvalue weighted by atomic mass is 10.3.